The van der Waals surface area contributed by atoms with E-state index in [1.807, 2.05) is 0 Å². The molecule has 1 atom stereocenters. The van der Waals surface area contributed by atoms with Crippen LogP contribution >= 0.6 is 0 Å². The molecule has 2 N–H and O–H groups in total. The van der Waals surface area contributed by atoms with Crippen molar-refractivity contribution in [2.75, 3.05) is 0 Å². The maximum atomic E-state index is 12.1. The number of nitrogens with one attached hydrogen (secondary N) is 1. The van der Waals surface area contributed by atoms with Gasteiger partial charge in [0, 0.05) is 0 Å². The molecule has 24 heavy (non-hydrogen) atoms. The topological polar surface area (TPSA) is 106 Å². The molecule has 10 heteroatoms. The lowest BCUT2D eigenvalue weighted by molar-refractivity contribution is -0.138. The van der Waals surface area contributed by atoms with E-state index >= 15 is 0 Å². The Morgan fingerprint density at radius 2 is 1.92 bits per heavy atom. The van der Waals surface area contributed by atoms with Gasteiger partial charge in [-0.3, -0.25) is 9.59 Å². The Bertz CT molecular complexity index is 746. The average Bonchev–Trinajstić information content (AvgIpc) is 2.89. The minimum absolute atomic E-state index is 0.0141. The number of carbonyl (C=O) groups is 2. The monoisotopic (exact) mass is 340 g/mol. The van der Waals surface area contributed by atoms with Crippen LogP contribution in [0.25, 0.3) is 5.69 Å². The first kappa shape index (κ1) is 17.3. The van der Waals surface area contributed by atoms with Gasteiger partial charge in [0.15, 0.2) is 5.69 Å². The zero-order valence-electron chi connectivity index (χ0n) is 12.7. The SMILES string of the molecule is Cc1c(C(=O)N[C@@H](C)C(=O)O)nnn1-c1ccc(OC(F)F)cc1. The van der Waals surface area contributed by atoms with Crippen LogP contribution in [0.5, 0.6) is 5.75 Å². The third-order valence-corrected chi connectivity index (χ3v) is 3.13. The maximum absolute atomic E-state index is 12.1. The summed E-state index contributed by atoms with van der Waals surface area (Å²) in [6, 6.07) is 4.53. The van der Waals surface area contributed by atoms with Crippen LogP contribution in [0.3, 0.4) is 0 Å². The van der Waals surface area contributed by atoms with E-state index in [0.29, 0.717) is 11.4 Å². The van der Waals surface area contributed by atoms with E-state index in [4.69, 9.17) is 5.11 Å². The molecule has 0 fully saturated rings. The maximum Gasteiger partial charge on any atom is 0.387 e. The zero-order valence-corrected chi connectivity index (χ0v) is 12.7. The van der Waals surface area contributed by atoms with Gasteiger partial charge < -0.3 is 15.2 Å². The van der Waals surface area contributed by atoms with Crippen LogP contribution in [0.2, 0.25) is 0 Å². The number of carboxylic acid groups (broad SMARTS) is 1. The van der Waals surface area contributed by atoms with E-state index in [1.54, 1.807) is 6.92 Å². The summed E-state index contributed by atoms with van der Waals surface area (Å²) in [6.07, 6.45) is 0. The Kier molecular flexibility index (Phi) is 5.07. The van der Waals surface area contributed by atoms with E-state index in [0.717, 1.165) is 0 Å². The highest BCUT2D eigenvalue weighted by Gasteiger charge is 2.21. The van der Waals surface area contributed by atoms with Gasteiger partial charge in [0.05, 0.1) is 11.4 Å². The lowest BCUT2D eigenvalue weighted by Crippen LogP contribution is -2.38. The first-order chi connectivity index (χ1) is 11.3. The van der Waals surface area contributed by atoms with Gasteiger partial charge >= 0.3 is 12.6 Å². The van der Waals surface area contributed by atoms with Crippen molar-refractivity contribution in [2.45, 2.75) is 26.5 Å². The number of alkyl halides is 2. The second-order valence-corrected chi connectivity index (χ2v) is 4.84. The fraction of sp³-hybridized carbons (Fsp3) is 0.286. The van der Waals surface area contributed by atoms with Crippen molar-refractivity contribution in [1.82, 2.24) is 20.3 Å². The number of hydrogen-bond acceptors (Lipinski definition) is 5. The summed E-state index contributed by atoms with van der Waals surface area (Å²) in [6.45, 7) is -0.0264. The molecule has 0 saturated heterocycles. The van der Waals surface area contributed by atoms with Crippen molar-refractivity contribution >= 4 is 11.9 Å². The molecular weight excluding hydrogens is 326 g/mol. The lowest BCUT2D eigenvalue weighted by atomic mass is 10.2. The van der Waals surface area contributed by atoms with E-state index in [-0.39, 0.29) is 11.4 Å². The van der Waals surface area contributed by atoms with E-state index < -0.39 is 24.5 Å². The van der Waals surface area contributed by atoms with Gasteiger partial charge in [-0.05, 0) is 38.1 Å². The van der Waals surface area contributed by atoms with Gasteiger partial charge in [0.2, 0.25) is 0 Å². The third-order valence-electron chi connectivity index (χ3n) is 3.13. The van der Waals surface area contributed by atoms with E-state index in [9.17, 15) is 18.4 Å². The number of halogens is 2. The van der Waals surface area contributed by atoms with Crippen molar-refractivity contribution < 1.29 is 28.2 Å². The standard InChI is InChI=1S/C14H14F2N4O4/c1-7(13(22)23)17-12(21)11-8(2)20(19-18-11)9-3-5-10(6-4-9)24-14(15)16/h3-7,14H,1-2H3,(H,17,21)(H,22,23)/t7-/m0/s1. The first-order valence-electron chi connectivity index (χ1n) is 6.81. The molecule has 0 aliphatic rings. The predicted octanol–water partition coefficient (Wildman–Crippen LogP) is 1.38. The first-order valence-corrected chi connectivity index (χ1v) is 6.81. The smallest absolute Gasteiger partial charge is 0.387 e. The lowest BCUT2D eigenvalue weighted by Gasteiger charge is -2.08. The number of benzene rings is 1. The molecule has 128 valence electrons. The summed E-state index contributed by atoms with van der Waals surface area (Å²) in [5.74, 6) is -1.87. The van der Waals surface area contributed by atoms with Gasteiger partial charge in [-0.2, -0.15) is 8.78 Å². The van der Waals surface area contributed by atoms with Crippen LogP contribution in [0, 0.1) is 6.92 Å². The van der Waals surface area contributed by atoms with E-state index in [1.165, 1.54) is 35.9 Å². The molecule has 0 unspecified atom stereocenters. The second-order valence-electron chi connectivity index (χ2n) is 4.84. The molecule has 0 spiro atoms. The number of amides is 1. The Labute approximate surface area is 135 Å². The largest absolute Gasteiger partial charge is 0.480 e. The quantitative estimate of drug-likeness (QED) is 0.823. The Morgan fingerprint density at radius 3 is 2.46 bits per heavy atom. The van der Waals surface area contributed by atoms with Crippen LogP contribution in [0.15, 0.2) is 24.3 Å². The Morgan fingerprint density at radius 1 is 1.29 bits per heavy atom. The highest BCUT2D eigenvalue weighted by Crippen LogP contribution is 2.18. The normalized spacial score (nSPS) is 12.0. The second kappa shape index (κ2) is 7.02. The molecule has 0 saturated carbocycles. The molecule has 1 aromatic carbocycles. The summed E-state index contributed by atoms with van der Waals surface area (Å²) in [4.78, 5) is 22.8. The molecule has 1 amide bonds. The molecule has 0 radical (unpaired) electrons. The van der Waals surface area contributed by atoms with Crippen molar-refractivity contribution in [2.24, 2.45) is 0 Å². The van der Waals surface area contributed by atoms with Crippen molar-refractivity contribution in [3.05, 3.63) is 35.7 Å². The number of rotatable bonds is 6. The summed E-state index contributed by atoms with van der Waals surface area (Å²) < 4.78 is 29.8. The molecule has 0 aliphatic carbocycles. The summed E-state index contributed by atoms with van der Waals surface area (Å²) in [5, 5.41) is 18.6. The molecule has 1 aromatic heterocycles. The number of aliphatic carboxylic acids is 1. The summed E-state index contributed by atoms with van der Waals surface area (Å²) in [5.41, 5.74) is 0.815. The highest BCUT2D eigenvalue weighted by atomic mass is 19.3. The zero-order chi connectivity index (χ0) is 17.9. The molecule has 0 aliphatic heterocycles. The number of hydrogen-bond donors (Lipinski definition) is 2. The number of ether oxygens (including phenoxy) is 1. The minimum atomic E-state index is -2.92. The molecular formula is C14H14F2N4O4. The van der Waals surface area contributed by atoms with Crippen molar-refractivity contribution in [3.63, 3.8) is 0 Å². The minimum Gasteiger partial charge on any atom is -0.480 e. The van der Waals surface area contributed by atoms with Crippen LogP contribution < -0.4 is 10.1 Å². The Hall–Kier alpha value is -3.04. The van der Waals surface area contributed by atoms with Crippen LogP contribution in [0.4, 0.5) is 8.78 Å². The molecule has 0 bridgehead atoms. The molecule has 8 nitrogen and oxygen atoms in total. The summed E-state index contributed by atoms with van der Waals surface area (Å²) in [7, 11) is 0. The number of carboxylic acids is 1. The van der Waals surface area contributed by atoms with Gasteiger partial charge in [-0.15, -0.1) is 5.10 Å². The fourth-order valence-corrected chi connectivity index (χ4v) is 1.88. The van der Waals surface area contributed by atoms with Crippen molar-refractivity contribution in [1.29, 1.82) is 0 Å². The van der Waals surface area contributed by atoms with Crippen LogP contribution in [-0.2, 0) is 4.79 Å². The predicted molar refractivity (Wildman–Crippen MR) is 77.3 cm³/mol. The third kappa shape index (κ3) is 3.83. The van der Waals surface area contributed by atoms with Gasteiger partial charge in [-0.1, -0.05) is 5.21 Å². The average molecular weight is 340 g/mol. The molecule has 2 rings (SSSR count). The van der Waals surface area contributed by atoms with Gasteiger partial charge in [-0.25, -0.2) is 4.68 Å². The van der Waals surface area contributed by atoms with Gasteiger partial charge in [0.1, 0.15) is 11.8 Å². The fourth-order valence-electron chi connectivity index (χ4n) is 1.88. The Balaban J connectivity index is 2.20. The van der Waals surface area contributed by atoms with E-state index in [2.05, 4.69) is 20.4 Å². The summed E-state index contributed by atoms with van der Waals surface area (Å²) >= 11 is 0. The molecule has 2 aromatic rings. The van der Waals surface area contributed by atoms with Crippen molar-refractivity contribution in [3.8, 4) is 11.4 Å². The number of carbonyl (C=O) groups excluding carboxylic acids is 1. The van der Waals surface area contributed by atoms with Crippen LogP contribution in [-0.4, -0.2) is 44.6 Å². The van der Waals surface area contributed by atoms with Crippen LogP contribution in [0.1, 0.15) is 23.1 Å². The van der Waals surface area contributed by atoms with Gasteiger partial charge in [0.25, 0.3) is 5.91 Å². The number of nitrogens with zero attached hydrogens (tertiary/aromatic N) is 3. The number of aromatic nitrogens is 3. The molecule has 1 heterocycles. The highest BCUT2D eigenvalue weighted by molar-refractivity contribution is 5.95.